The zero-order valence-electron chi connectivity index (χ0n) is 24.2. The number of ether oxygens (including phenoxy) is 4. The lowest BCUT2D eigenvalue weighted by molar-refractivity contribution is -0.120. The van der Waals surface area contributed by atoms with Crippen LogP contribution in [0.2, 0.25) is 0 Å². The van der Waals surface area contributed by atoms with Crippen LogP contribution in [0.5, 0.6) is 11.5 Å². The van der Waals surface area contributed by atoms with Crippen LogP contribution < -0.4 is 36.5 Å². The molecule has 0 aliphatic carbocycles. The number of nitrogens with one attached hydrogen (secondary N) is 4. The SMILES string of the molecule is C=CCNc1nc(NCc2cccc(OC)c2OC)nc(Nc2ccc(CC(=O)NCCOCCOCCN)cc2)n1. The molecule has 13 nitrogen and oxygen atoms in total. The Hall–Kier alpha value is -4.46. The van der Waals surface area contributed by atoms with E-state index in [0.717, 1.165) is 16.8 Å². The number of amides is 1. The fourth-order valence-electron chi connectivity index (χ4n) is 3.77. The quantitative estimate of drug-likeness (QED) is 0.0980. The van der Waals surface area contributed by atoms with Gasteiger partial charge in [0.2, 0.25) is 23.8 Å². The van der Waals surface area contributed by atoms with Gasteiger partial charge in [0, 0.05) is 37.4 Å². The lowest BCUT2D eigenvalue weighted by Crippen LogP contribution is -2.29. The van der Waals surface area contributed by atoms with Crippen LogP contribution >= 0.6 is 0 Å². The Labute approximate surface area is 246 Å². The molecule has 6 N–H and O–H groups in total. The standard InChI is InChI=1S/C29H40N8O5/c1-4-13-32-27-35-28(33-20-22-6-5-7-24(39-2)26(22)40-3)37-29(36-27)34-23-10-8-21(9-11-23)19-25(38)31-14-16-42-18-17-41-15-12-30/h4-11H,1,12-20,30H2,2-3H3,(H,31,38)(H3,32,33,34,35,36,37). The molecule has 3 rings (SSSR count). The van der Waals surface area contributed by atoms with Crippen molar-refractivity contribution in [3.63, 3.8) is 0 Å². The first-order chi connectivity index (χ1) is 20.6. The van der Waals surface area contributed by atoms with Gasteiger partial charge in [-0.25, -0.2) is 0 Å². The van der Waals surface area contributed by atoms with Crippen molar-refractivity contribution in [1.29, 1.82) is 0 Å². The Bertz CT molecular complexity index is 1260. The van der Waals surface area contributed by atoms with Crippen LogP contribution in [0.1, 0.15) is 11.1 Å². The number of aromatic nitrogens is 3. The molecule has 0 radical (unpaired) electrons. The normalized spacial score (nSPS) is 10.5. The van der Waals surface area contributed by atoms with E-state index >= 15 is 0 Å². The van der Waals surface area contributed by atoms with E-state index in [4.69, 9.17) is 24.7 Å². The van der Waals surface area contributed by atoms with Gasteiger partial charge in [0.25, 0.3) is 0 Å². The number of carbonyl (C=O) groups excluding carboxylic acids is 1. The molecule has 0 bridgehead atoms. The number of para-hydroxylation sites is 1. The molecule has 0 spiro atoms. The summed E-state index contributed by atoms with van der Waals surface area (Å²) in [4.78, 5) is 25.7. The van der Waals surface area contributed by atoms with Crippen molar-refractivity contribution in [2.24, 2.45) is 5.73 Å². The van der Waals surface area contributed by atoms with Crippen LogP contribution in [0.25, 0.3) is 0 Å². The third kappa shape index (κ3) is 10.8. The van der Waals surface area contributed by atoms with Gasteiger partial charge in [-0.15, -0.1) is 6.58 Å². The highest BCUT2D eigenvalue weighted by molar-refractivity contribution is 5.78. The van der Waals surface area contributed by atoms with Crippen molar-refractivity contribution in [3.8, 4) is 11.5 Å². The maximum Gasteiger partial charge on any atom is 0.233 e. The van der Waals surface area contributed by atoms with Crippen molar-refractivity contribution < 1.29 is 23.7 Å². The van der Waals surface area contributed by atoms with E-state index in [9.17, 15) is 4.79 Å². The summed E-state index contributed by atoms with van der Waals surface area (Å²) in [6.07, 6.45) is 1.97. The highest BCUT2D eigenvalue weighted by Gasteiger charge is 2.12. The lowest BCUT2D eigenvalue weighted by atomic mass is 10.1. The molecule has 42 heavy (non-hydrogen) atoms. The van der Waals surface area contributed by atoms with Gasteiger partial charge < -0.3 is 45.9 Å². The molecule has 226 valence electrons. The molecular formula is C29H40N8O5. The highest BCUT2D eigenvalue weighted by Crippen LogP contribution is 2.31. The number of hydrogen-bond acceptors (Lipinski definition) is 12. The molecule has 13 heteroatoms. The second kappa shape index (κ2) is 18.1. The van der Waals surface area contributed by atoms with Crippen LogP contribution in [-0.4, -0.2) is 81.1 Å². The van der Waals surface area contributed by atoms with E-state index in [1.54, 1.807) is 20.3 Å². The molecule has 0 fully saturated rings. The second-order valence-electron chi connectivity index (χ2n) is 8.84. The predicted octanol–water partition coefficient (Wildman–Crippen LogP) is 2.49. The molecule has 2 aromatic carbocycles. The molecule has 1 amide bonds. The van der Waals surface area contributed by atoms with Crippen LogP contribution in [0, 0.1) is 0 Å². The topological polar surface area (TPSA) is 167 Å². The third-order valence-electron chi connectivity index (χ3n) is 5.74. The van der Waals surface area contributed by atoms with Crippen molar-refractivity contribution in [3.05, 3.63) is 66.2 Å². The second-order valence-corrected chi connectivity index (χ2v) is 8.84. The zero-order chi connectivity index (χ0) is 30.0. The first-order valence-electron chi connectivity index (χ1n) is 13.6. The van der Waals surface area contributed by atoms with E-state index in [1.165, 1.54) is 0 Å². The summed E-state index contributed by atoms with van der Waals surface area (Å²) >= 11 is 0. The fraction of sp³-hybridized carbons (Fsp3) is 0.379. The monoisotopic (exact) mass is 580 g/mol. The maximum atomic E-state index is 12.3. The van der Waals surface area contributed by atoms with E-state index in [2.05, 4.69) is 42.8 Å². The van der Waals surface area contributed by atoms with Gasteiger partial charge in [-0.1, -0.05) is 30.3 Å². The zero-order valence-corrected chi connectivity index (χ0v) is 24.2. The molecule has 1 heterocycles. The number of benzene rings is 2. The van der Waals surface area contributed by atoms with Crippen molar-refractivity contribution >= 4 is 29.4 Å². The summed E-state index contributed by atoms with van der Waals surface area (Å²) in [6, 6.07) is 13.1. The first kappa shape index (κ1) is 32.1. The Morgan fingerprint density at radius 1 is 0.905 bits per heavy atom. The molecular weight excluding hydrogens is 540 g/mol. The van der Waals surface area contributed by atoms with Crippen LogP contribution in [0.3, 0.4) is 0 Å². The largest absolute Gasteiger partial charge is 0.493 e. The number of nitrogens with zero attached hydrogens (tertiary/aromatic N) is 3. The lowest BCUT2D eigenvalue weighted by Gasteiger charge is -2.14. The maximum absolute atomic E-state index is 12.3. The van der Waals surface area contributed by atoms with Crippen molar-refractivity contribution in [2.45, 2.75) is 13.0 Å². The Kier molecular flexibility index (Phi) is 13.8. The smallest absolute Gasteiger partial charge is 0.233 e. The van der Waals surface area contributed by atoms with Crippen LogP contribution in [0.15, 0.2) is 55.1 Å². The minimum absolute atomic E-state index is 0.0857. The third-order valence-corrected chi connectivity index (χ3v) is 5.74. The molecule has 0 aliphatic rings. The molecule has 0 saturated carbocycles. The Balaban J connectivity index is 1.56. The van der Waals surface area contributed by atoms with Gasteiger partial charge in [-0.05, 0) is 23.8 Å². The summed E-state index contributed by atoms with van der Waals surface area (Å²) in [5.41, 5.74) is 7.86. The number of rotatable bonds is 20. The van der Waals surface area contributed by atoms with Gasteiger partial charge in [-0.2, -0.15) is 15.0 Å². The molecule has 0 saturated heterocycles. The first-order valence-corrected chi connectivity index (χ1v) is 13.6. The fourth-order valence-corrected chi connectivity index (χ4v) is 3.77. The van der Waals surface area contributed by atoms with E-state index < -0.39 is 0 Å². The number of hydrogen-bond donors (Lipinski definition) is 5. The summed E-state index contributed by atoms with van der Waals surface area (Å²) in [5, 5.41) is 12.4. The summed E-state index contributed by atoms with van der Waals surface area (Å²) in [7, 11) is 3.19. The van der Waals surface area contributed by atoms with E-state index in [-0.39, 0.29) is 12.3 Å². The van der Waals surface area contributed by atoms with Gasteiger partial charge >= 0.3 is 0 Å². The number of nitrogens with two attached hydrogens (primary N) is 1. The van der Waals surface area contributed by atoms with Gasteiger partial charge in [0.1, 0.15) is 0 Å². The number of carbonyl (C=O) groups is 1. The van der Waals surface area contributed by atoms with Gasteiger partial charge in [-0.3, -0.25) is 4.79 Å². The number of methoxy groups -OCH3 is 2. The van der Waals surface area contributed by atoms with Gasteiger partial charge in [0.15, 0.2) is 11.5 Å². The molecule has 3 aromatic rings. The average Bonchev–Trinajstić information content (AvgIpc) is 3.01. The summed E-state index contributed by atoms with van der Waals surface area (Å²) < 4.78 is 21.6. The summed E-state index contributed by atoms with van der Waals surface area (Å²) in [5.74, 6) is 2.28. The Morgan fingerprint density at radius 3 is 2.31 bits per heavy atom. The minimum atomic E-state index is -0.0857. The van der Waals surface area contributed by atoms with Crippen LogP contribution in [0.4, 0.5) is 23.5 Å². The molecule has 1 aromatic heterocycles. The highest BCUT2D eigenvalue weighted by atomic mass is 16.5. The van der Waals surface area contributed by atoms with E-state index in [1.807, 2.05) is 42.5 Å². The average molecular weight is 581 g/mol. The van der Waals surface area contributed by atoms with Crippen molar-refractivity contribution in [2.75, 3.05) is 76.2 Å². The minimum Gasteiger partial charge on any atom is -0.493 e. The van der Waals surface area contributed by atoms with E-state index in [0.29, 0.717) is 82.0 Å². The predicted molar refractivity (Wildman–Crippen MR) is 163 cm³/mol. The molecule has 0 atom stereocenters. The molecule has 0 unspecified atom stereocenters. The van der Waals surface area contributed by atoms with Gasteiger partial charge in [0.05, 0.1) is 47.1 Å². The number of anilines is 4. The molecule has 0 aliphatic heterocycles. The summed E-state index contributed by atoms with van der Waals surface area (Å²) in [6.45, 7) is 7.41. The van der Waals surface area contributed by atoms with Crippen LogP contribution in [-0.2, 0) is 27.2 Å². The van der Waals surface area contributed by atoms with Crippen molar-refractivity contribution in [1.82, 2.24) is 20.3 Å². The Morgan fingerprint density at radius 2 is 1.62 bits per heavy atom.